The minimum Gasteiger partial charge on any atom is -0.465 e. The zero-order chi connectivity index (χ0) is 21.8. The van der Waals surface area contributed by atoms with Gasteiger partial charge >= 0.3 is 5.97 Å². The number of nitrogens with one attached hydrogen (secondary N) is 3. The Kier molecular flexibility index (Phi) is 5.82. The summed E-state index contributed by atoms with van der Waals surface area (Å²) in [5.41, 5.74) is 5.85. The fourth-order valence-electron chi connectivity index (χ4n) is 3.60. The maximum atomic E-state index is 13.0. The third kappa shape index (κ3) is 4.20. The van der Waals surface area contributed by atoms with Crippen LogP contribution in [-0.4, -0.2) is 26.0 Å². The van der Waals surface area contributed by atoms with Crippen molar-refractivity contribution in [3.8, 4) is 0 Å². The van der Waals surface area contributed by atoms with Gasteiger partial charge in [-0.05, 0) is 42.4 Å². The third-order valence-electron chi connectivity index (χ3n) is 5.10. The first-order valence-corrected chi connectivity index (χ1v) is 9.95. The van der Waals surface area contributed by atoms with E-state index in [2.05, 4.69) is 16.0 Å². The van der Waals surface area contributed by atoms with E-state index in [1.165, 1.54) is 12.7 Å². The van der Waals surface area contributed by atoms with Crippen LogP contribution in [-0.2, 0) is 16.1 Å². The molecule has 31 heavy (non-hydrogen) atoms. The molecule has 6 heteroatoms. The predicted octanol–water partition coefficient (Wildman–Crippen LogP) is 4.13. The van der Waals surface area contributed by atoms with Gasteiger partial charge in [0.15, 0.2) is 0 Å². The molecule has 6 nitrogen and oxygen atoms in total. The summed E-state index contributed by atoms with van der Waals surface area (Å²) < 4.78 is 4.79. The van der Waals surface area contributed by atoms with E-state index in [0.717, 1.165) is 23.4 Å². The number of carbonyl (C=O) groups excluding carboxylic acids is 2. The minimum atomic E-state index is -0.447. The van der Waals surface area contributed by atoms with Crippen LogP contribution < -0.4 is 16.0 Å². The second-order valence-electron chi connectivity index (χ2n) is 7.17. The molecule has 0 aromatic heterocycles. The molecular weight excluding hydrogens is 390 g/mol. The van der Waals surface area contributed by atoms with Gasteiger partial charge in [-0.2, -0.15) is 0 Å². The predicted molar refractivity (Wildman–Crippen MR) is 122 cm³/mol. The van der Waals surface area contributed by atoms with Gasteiger partial charge in [0, 0.05) is 17.8 Å². The number of hydrogen-bond donors (Lipinski definition) is 3. The molecule has 1 aliphatic heterocycles. The van der Waals surface area contributed by atoms with Crippen LogP contribution in [0.2, 0.25) is 0 Å². The topological polar surface area (TPSA) is 79.5 Å². The maximum absolute atomic E-state index is 13.0. The Balaban J connectivity index is 1.80. The van der Waals surface area contributed by atoms with Crippen LogP contribution in [0.25, 0.3) is 11.3 Å². The van der Waals surface area contributed by atoms with E-state index < -0.39 is 5.97 Å². The molecule has 0 atom stereocenters. The molecule has 0 saturated heterocycles. The largest absolute Gasteiger partial charge is 0.465 e. The molecular formula is C25H23N3O3. The zero-order valence-corrected chi connectivity index (χ0v) is 17.4. The van der Waals surface area contributed by atoms with Crippen LogP contribution in [0.1, 0.15) is 27.0 Å². The summed E-state index contributed by atoms with van der Waals surface area (Å²) in [5, 5.41) is 9.44. The summed E-state index contributed by atoms with van der Waals surface area (Å²) in [6.45, 7) is 0.783. The van der Waals surface area contributed by atoms with Gasteiger partial charge in [-0.25, -0.2) is 4.79 Å². The lowest BCUT2D eigenvalue weighted by Gasteiger charge is -2.15. The highest BCUT2D eigenvalue weighted by atomic mass is 16.5. The van der Waals surface area contributed by atoms with Gasteiger partial charge in [0.2, 0.25) is 0 Å². The number of amides is 1. The van der Waals surface area contributed by atoms with Crippen molar-refractivity contribution in [1.82, 2.24) is 5.32 Å². The van der Waals surface area contributed by atoms with Crippen LogP contribution >= 0.6 is 0 Å². The standard InChI is InChI=1S/C25H23N3O3/c1-26-15-16-8-11-19(12-9-16)27-23(17-6-4-3-5-7-17)22-20-13-10-18(25(30)31-2)14-21(20)28-24(22)29/h3-14,26-27H,15H2,1-2H3,(H,28,29). The van der Waals surface area contributed by atoms with Crippen molar-refractivity contribution in [2.75, 3.05) is 24.8 Å². The van der Waals surface area contributed by atoms with Crippen LogP contribution in [0, 0.1) is 0 Å². The van der Waals surface area contributed by atoms with Crippen LogP contribution in [0.3, 0.4) is 0 Å². The van der Waals surface area contributed by atoms with Gasteiger partial charge < -0.3 is 20.7 Å². The van der Waals surface area contributed by atoms with E-state index in [9.17, 15) is 9.59 Å². The molecule has 0 fully saturated rings. The molecule has 0 spiro atoms. The first kappa shape index (κ1) is 20.4. The summed E-state index contributed by atoms with van der Waals surface area (Å²) in [5.74, 6) is -0.673. The number of benzene rings is 3. The fraction of sp³-hybridized carbons (Fsp3) is 0.120. The van der Waals surface area contributed by atoms with Gasteiger partial charge in [0.05, 0.1) is 29.6 Å². The minimum absolute atomic E-state index is 0.227. The Morgan fingerprint density at radius 2 is 1.71 bits per heavy atom. The number of fused-ring (bicyclic) bond motifs is 1. The molecule has 3 N–H and O–H groups in total. The number of ether oxygens (including phenoxy) is 1. The average molecular weight is 413 g/mol. The third-order valence-corrected chi connectivity index (χ3v) is 5.10. The second kappa shape index (κ2) is 8.85. The fourth-order valence-corrected chi connectivity index (χ4v) is 3.60. The monoisotopic (exact) mass is 413 g/mol. The summed E-state index contributed by atoms with van der Waals surface area (Å²) in [4.78, 5) is 24.9. The Labute approximate surface area is 180 Å². The van der Waals surface area contributed by atoms with E-state index in [1.807, 2.05) is 61.6 Å². The van der Waals surface area contributed by atoms with Gasteiger partial charge in [-0.15, -0.1) is 0 Å². The van der Waals surface area contributed by atoms with Gasteiger partial charge in [-0.1, -0.05) is 48.5 Å². The molecule has 1 heterocycles. The van der Waals surface area contributed by atoms with Crippen molar-refractivity contribution in [2.45, 2.75) is 6.54 Å². The van der Waals surface area contributed by atoms with Crippen LogP contribution in [0.4, 0.5) is 11.4 Å². The van der Waals surface area contributed by atoms with Crippen molar-refractivity contribution >= 4 is 34.5 Å². The van der Waals surface area contributed by atoms with Gasteiger partial charge in [0.25, 0.3) is 5.91 Å². The van der Waals surface area contributed by atoms with E-state index in [0.29, 0.717) is 22.5 Å². The molecule has 3 aromatic rings. The average Bonchev–Trinajstić information content (AvgIpc) is 3.13. The van der Waals surface area contributed by atoms with E-state index in [1.54, 1.807) is 18.2 Å². The zero-order valence-electron chi connectivity index (χ0n) is 17.4. The van der Waals surface area contributed by atoms with E-state index in [-0.39, 0.29) is 5.91 Å². The molecule has 0 aliphatic carbocycles. The molecule has 3 aromatic carbocycles. The van der Waals surface area contributed by atoms with Crippen LogP contribution in [0.15, 0.2) is 72.8 Å². The lowest BCUT2D eigenvalue weighted by atomic mass is 9.99. The Morgan fingerprint density at radius 3 is 2.39 bits per heavy atom. The molecule has 0 radical (unpaired) electrons. The summed E-state index contributed by atoms with van der Waals surface area (Å²) in [6.07, 6.45) is 0. The summed E-state index contributed by atoms with van der Waals surface area (Å²) in [6, 6.07) is 22.9. The number of hydrogen-bond acceptors (Lipinski definition) is 5. The molecule has 0 unspecified atom stereocenters. The summed E-state index contributed by atoms with van der Waals surface area (Å²) in [7, 11) is 3.24. The quantitative estimate of drug-likeness (QED) is 0.418. The molecule has 4 rings (SSSR count). The highest BCUT2D eigenvalue weighted by Gasteiger charge is 2.29. The smallest absolute Gasteiger partial charge is 0.337 e. The van der Waals surface area contributed by atoms with Crippen molar-refractivity contribution in [2.24, 2.45) is 0 Å². The number of esters is 1. The molecule has 0 bridgehead atoms. The lowest BCUT2D eigenvalue weighted by molar-refractivity contribution is -0.110. The Hall–Kier alpha value is -3.90. The lowest BCUT2D eigenvalue weighted by Crippen LogP contribution is -2.10. The molecule has 156 valence electrons. The summed E-state index contributed by atoms with van der Waals surface area (Å²) >= 11 is 0. The first-order valence-electron chi connectivity index (χ1n) is 9.95. The van der Waals surface area contributed by atoms with Crippen molar-refractivity contribution in [3.05, 3.63) is 95.1 Å². The van der Waals surface area contributed by atoms with Crippen molar-refractivity contribution in [3.63, 3.8) is 0 Å². The normalized spacial score (nSPS) is 13.9. The SMILES string of the molecule is CNCc1ccc(NC(=C2C(=O)Nc3cc(C(=O)OC)ccc32)c2ccccc2)cc1. The molecule has 1 aliphatic rings. The number of methoxy groups -OCH3 is 1. The Bertz CT molecular complexity index is 1150. The number of rotatable bonds is 6. The number of carbonyl (C=O) groups is 2. The van der Waals surface area contributed by atoms with Gasteiger partial charge in [-0.3, -0.25) is 4.79 Å². The van der Waals surface area contributed by atoms with Crippen molar-refractivity contribution in [1.29, 1.82) is 0 Å². The van der Waals surface area contributed by atoms with E-state index in [4.69, 9.17) is 4.74 Å². The highest BCUT2D eigenvalue weighted by molar-refractivity contribution is 6.37. The highest BCUT2D eigenvalue weighted by Crippen LogP contribution is 2.38. The Morgan fingerprint density at radius 1 is 0.968 bits per heavy atom. The van der Waals surface area contributed by atoms with Crippen molar-refractivity contribution < 1.29 is 14.3 Å². The van der Waals surface area contributed by atoms with Gasteiger partial charge in [0.1, 0.15) is 0 Å². The molecule has 1 amide bonds. The van der Waals surface area contributed by atoms with Crippen LogP contribution in [0.5, 0.6) is 0 Å². The maximum Gasteiger partial charge on any atom is 0.337 e. The van der Waals surface area contributed by atoms with E-state index >= 15 is 0 Å². The first-order chi connectivity index (χ1) is 15.1. The molecule has 0 saturated carbocycles. The second-order valence-corrected chi connectivity index (χ2v) is 7.17. The number of anilines is 2.